The number of carbonyl (C=O) groups excluding carboxylic acids is 2. The second-order valence-corrected chi connectivity index (χ2v) is 7.17. The summed E-state index contributed by atoms with van der Waals surface area (Å²) < 4.78 is 4.80. The van der Waals surface area contributed by atoms with Gasteiger partial charge in [0, 0.05) is 5.92 Å². The molecule has 25 heavy (non-hydrogen) atoms. The zero-order chi connectivity index (χ0) is 18.0. The molecule has 1 fully saturated rings. The number of halogens is 1. The highest BCUT2D eigenvalue weighted by Gasteiger charge is 2.29. The number of hydrogen-bond donors (Lipinski definition) is 3. The lowest BCUT2D eigenvalue weighted by molar-refractivity contribution is -0.121. The van der Waals surface area contributed by atoms with Gasteiger partial charge >= 0.3 is 5.97 Å². The van der Waals surface area contributed by atoms with Crippen LogP contribution in [-0.2, 0) is 9.53 Å². The highest BCUT2D eigenvalue weighted by Crippen LogP contribution is 2.32. The van der Waals surface area contributed by atoms with E-state index in [0.717, 1.165) is 42.6 Å². The molecule has 2 unspecified atom stereocenters. The fourth-order valence-corrected chi connectivity index (χ4v) is 3.78. The predicted molar refractivity (Wildman–Crippen MR) is 98.2 cm³/mol. The number of ketones is 1. The number of ether oxygens (including phenoxy) is 1. The fourth-order valence-electron chi connectivity index (χ4n) is 3.51. The van der Waals surface area contributed by atoms with Crippen molar-refractivity contribution < 1.29 is 14.3 Å². The number of nitrogens with one attached hydrogen (secondary N) is 3. The molecule has 0 amide bonds. The Morgan fingerprint density at radius 1 is 1.24 bits per heavy atom. The monoisotopic (exact) mass is 365 g/mol. The Kier molecular flexibility index (Phi) is 5.49. The van der Waals surface area contributed by atoms with Crippen molar-refractivity contribution in [2.75, 3.05) is 24.3 Å². The van der Waals surface area contributed by atoms with E-state index in [0.29, 0.717) is 12.1 Å². The van der Waals surface area contributed by atoms with E-state index in [1.54, 1.807) is 6.07 Å². The minimum Gasteiger partial charge on any atom is -0.465 e. The molecule has 3 N–H and O–H groups in total. The minimum absolute atomic E-state index is 0.190. The average Bonchev–Trinajstić information content (AvgIpc) is 3.13. The summed E-state index contributed by atoms with van der Waals surface area (Å²) in [6.45, 7) is 2.16. The Labute approximate surface area is 152 Å². The first kappa shape index (κ1) is 18.0. The lowest BCUT2D eigenvalue weighted by Crippen LogP contribution is -2.51. The summed E-state index contributed by atoms with van der Waals surface area (Å²) >= 11 is 6.40. The Bertz CT molecular complexity index is 674. The van der Waals surface area contributed by atoms with E-state index in [9.17, 15) is 9.59 Å². The van der Waals surface area contributed by atoms with E-state index in [1.807, 2.05) is 13.0 Å². The Balaban J connectivity index is 1.67. The molecular formula is C18H24ClN3O3. The van der Waals surface area contributed by atoms with Gasteiger partial charge in [0.05, 0.1) is 30.6 Å². The van der Waals surface area contributed by atoms with E-state index in [-0.39, 0.29) is 23.8 Å². The highest BCUT2D eigenvalue weighted by molar-refractivity contribution is 6.22. The van der Waals surface area contributed by atoms with Gasteiger partial charge in [-0.1, -0.05) is 24.4 Å². The first-order valence-corrected chi connectivity index (χ1v) is 9.09. The first-order valence-electron chi connectivity index (χ1n) is 8.66. The van der Waals surface area contributed by atoms with Crippen LogP contribution >= 0.6 is 11.6 Å². The maximum atomic E-state index is 12.2. The molecule has 1 heterocycles. The molecule has 0 bridgehead atoms. The van der Waals surface area contributed by atoms with Crippen LogP contribution in [0.2, 0.25) is 0 Å². The van der Waals surface area contributed by atoms with E-state index in [1.165, 1.54) is 7.11 Å². The van der Waals surface area contributed by atoms with Gasteiger partial charge in [-0.15, -0.1) is 0 Å². The third kappa shape index (κ3) is 3.90. The van der Waals surface area contributed by atoms with Crippen LogP contribution in [0.4, 0.5) is 11.4 Å². The number of benzene rings is 1. The van der Waals surface area contributed by atoms with Crippen molar-refractivity contribution >= 4 is 34.7 Å². The third-order valence-corrected chi connectivity index (χ3v) is 5.33. The number of methoxy groups -OCH3 is 1. The number of aryl methyl sites for hydroxylation is 1. The quantitative estimate of drug-likeness (QED) is 0.423. The largest absolute Gasteiger partial charge is 0.465 e. The number of fused-ring (bicyclic) bond motifs is 1. The second kappa shape index (κ2) is 7.62. The van der Waals surface area contributed by atoms with Crippen LogP contribution < -0.4 is 16.0 Å². The van der Waals surface area contributed by atoms with Crippen LogP contribution in [0.3, 0.4) is 0 Å². The van der Waals surface area contributed by atoms with Crippen molar-refractivity contribution in [1.82, 2.24) is 5.32 Å². The molecule has 1 aliphatic heterocycles. The summed E-state index contributed by atoms with van der Waals surface area (Å²) in [6, 6.07) is 3.61. The number of esters is 1. The van der Waals surface area contributed by atoms with Gasteiger partial charge in [0.25, 0.3) is 0 Å². The maximum Gasteiger partial charge on any atom is 0.338 e. The molecule has 0 aromatic heterocycles. The number of anilines is 2. The van der Waals surface area contributed by atoms with Crippen molar-refractivity contribution in [3.05, 3.63) is 23.3 Å². The molecule has 2 atom stereocenters. The molecule has 136 valence electrons. The van der Waals surface area contributed by atoms with Crippen molar-refractivity contribution in [2.24, 2.45) is 5.92 Å². The summed E-state index contributed by atoms with van der Waals surface area (Å²) in [5.41, 5.74) is 2.45. The SMILES string of the molecule is COC(=O)c1cc2c(cc1C)NC(NCC(=O)C1CCCC1)C(Cl)N2. The number of carbonyl (C=O) groups is 2. The van der Waals surface area contributed by atoms with Gasteiger partial charge in [-0.05, 0) is 37.5 Å². The van der Waals surface area contributed by atoms with Gasteiger partial charge in [-0.2, -0.15) is 0 Å². The molecule has 7 heteroatoms. The van der Waals surface area contributed by atoms with E-state index in [2.05, 4.69) is 16.0 Å². The van der Waals surface area contributed by atoms with Crippen molar-refractivity contribution in [2.45, 2.75) is 44.3 Å². The maximum absolute atomic E-state index is 12.2. The highest BCUT2D eigenvalue weighted by atomic mass is 35.5. The van der Waals surface area contributed by atoms with Crippen molar-refractivity contribution in [3.63, 3.8) is 0 Å². The normalized spacial score (nSPS) is 22.7. The topological polar surface area (TPSA) is 79.5 Å². The zero-order valence-corrected chi connectivity index (χ0v) is 15.3. The van der Waals surface area contributed by atoms with Crippen LogP contribution in [0.5, 0.6) is 0 Å². The second-order valence-electron chi connectivity index (χ2n) is 6.70. The molecule has 3 rings (SSSR count). The van der Waals surface area contributed by atoms with Crippen LogP contribution in [-0.4, -0.2) is 37.1 Å². The summed E-state index contributed by atoms with van der Waals surface area (Å²) in [7, 11) is 1.36. The molecule has 6 nitrogen and oxygen atoms in total. The number of alkyl halides is 1. The molecule has 1 saturated carbocycles. The summed E-state index contributed by atoms with van der Waals surface area (Å²) in [6.07, 6.45) is 4.02. The van der Waals surface area contributed by atoms with E-state index < -0.39 is 5.50 Å². The summed E-state index contributed by atoms with van der Waals surface area (Å²) in [5, 5.41) is 9.69. The number of Topliss-reactive ketones (excluding diaryl/α,β-unsaturated/α-hetero) is 1. The molecule has 0 saturated heterocycles. The Morgan fingerprint density at radius 2 is 1.92 bits per heavy atom. The van der Waals surface area contributed by atoms with Gasteiger partial charge in [0.15, 0.2) is 0 Å². The van der Waals surface area contributed by atoms with Gasteiger partial charge in [0.1, 0.15) is 17.5 Å². The molecule has 0 radical (unpaired) electrons. The van der Waals surface area contributed by atoms with E-state index >= 15 is 0 Å². The van der Waals surface area contributed by atoms with Crippen molar-refractivity contribution in [3.8, 4) is 0 Å². The van der Waals surface area contributed by atoms with Crippen LogP contribution in [0, 0.1) is 12.8 Å². The molecule has 2 aliphatic rings. The smallest absolute Gasteiger partial charge is 0.338 e. The molecule has 1 aromatic carbocycles. The van der Waals surface area contributed by atoms with Gasteiger partial charge in [0.2, 0.25) is 0 Å². The zero-order valence-electron chi connectivity index (χ0n) is 14.5. The minimum atomic E-state index is -0.447. The lowest BCUT2D eigenvalue weighted by Gasteiger charge is -2.34. The van der Waals surface area contributed by atoms with Crippen molar-refractivity contribution in [1.29, 1.82) is 0 Å². The average molecular weight is 366 g/mol. The van der Waals surface area contributed by atoms with Crippen LogP contribution in [0.15, 0.2) is 12.1 Å². The van der Waals surface area contributed by atoms with E-state index in [4.69, 9.17) is 16.3 Å². The van der Waals surface area contributed by atoms with Crippen LogP contribution in [0.25, 0.3) is 0 Å². The third-order valence-electron chi connectivity index (χ3n) is 4.97. The molecule has 1 aromatic rings. The fraction of sp³-hybridized carbons (Fsp3) is 0.556. The van der Waals surface area contributed by atoms with Gasteiger partial charge in [-0.25, -0.2) is 4.79 Å². The Morgan fingerprint density at radius 3 is 2.60 bits per heavy atom. The lowest BCUT2D eigenvalue weighted by atomic mass is 10.0. The van der Waals surface area contributed by atoms with Crippen LogP contribution in [0.1, 0.15) is 41.6 Å². The summed E-state index contributed by atoms with van der Waals surface area (Å²) in [4.78, 5) is 24.1. The van der Waals surface area contributed by atoms with Gasteiger partial charge < -0.3 is 15.4 Å². The molecule has 0 spiro atoms. The summed E-state index contributed by atoms with van der Waals surface area (Å²) in [5.74, 6) is 0.0665. The Hall–Kier alpha value is -1.79. The predicted octanol–water partition coefficient (Wildman–Crippen LogP) is 2.86. The first-order chi connectivity index (χ1) is 12.0. The standard InChI is InChI=1S/C18H24ClN3O3/c1-10-7-13-14(8-12(10)18(24)25-2)21-16(19)17(22-13)20-9-15(23)11-5-3-4-6-11/h7-8,11,16-17,20-22H,3-6,9H2,1-2H3. The number of hydrogen-bond acceptors (Lipinski definition) is 6. The molecular weight excluding hydrogens is 342 g/mol. The molecule has 1 aliphatic carbocycles. The van der Waals surface area contributed by atoms with Gasteiger partial charge in [-0.3, -0.25) is 10.1 Å². The number of rotatable bonds is 5.